The van der Waals surface area contributed by atoms with Crippen LogP contribution in [0.15, 0.2) is 23.1 Å². The lowest BCUT2D eigenvalue weighted by Gasteiger charge is -2.39. The first-order valence-corrected chi connectivity index (χ1v) is 7.42. The molecular formula is C12H15NO4S. The molecule has 2 N–H and O–H groups in total. The molecule has 18 heavy (non-hydrogen) atoms. The summed E-state index contributed by atoms with van der Waals surface area (Å²) >= 11 is 0. The Morgan fingerprint density at radius 1 is 1.22 bits per heavy atom. The summed E-state index contributed by atoms with van der Waals surface area (Å²) in [7, 11) is -3.40. The second-order valence-corrected chi connectivity index (χ2v) is 7.10. The Hall–Kier alpha value is -1.27. The molecule has 6 heteroatoms. The molecule has 1 aliphatic heterocycles. The maximum absolute atomic E-state index is 12.6. The van der Waals surface area contributed by atoms with Crippen molar-refractivity contribution >= 4 is 9.84 Å². The van der Waals surface area contributed by atoms with Crippen molar-refractivity contribution in [1.29, 1.82) is 0 Å². The SMILES string of the molecule is NCC1(S(=O)(=O)c2ccc3c(c2)OCO3)CCC1. The standard InChI is InChI=1S/C12H15NO4S/c13-7-12(4-1-5-12)18(14,15)9-2-3-10-11(6-9)17-8-16-10/h2-3,6H,1,4-5,7-8,13H2. The molecule has 0 spiro atoms. The van der Waals surface area contributed by atoms with Crippen LogP contribution in [0, 0.1) is 0 Å². The summed E-state index contributed by atoms with van der Waals surface area (Å²) in [5.41, 5.74) is 5.67. The van der Waals surface area contributed by atoms with Gasteiger partial charge in [-0.25, -0.2) is 8.42 Å². The van der Waals surface area contributed by atoms with Crippen LogP contribution >= 0.6 is 0 Å². The highest BCUT2D eigenvalue weighted by Gasteiger charge is 2.48. The Bertz CT molecular complexity index is 572. The first kappa shape index (κ1) is 11.8. The molecule has 0 saturated heterocycles. The predicted molar refractivity (Wildman–Crippen MR) is 65.4 cm³/mol. The summed E-state index contributed by atoms with van der Waals surface area (Å²) in [5, 5.41) is 0. The molecule has 2 aliphatic rings. The Balaban J connectivity index is 2.04. The summed E-state index contributed by atoms with van der Waals surface area (Å²) in [6.45, 7) is 0.310. The van der Waals surface area contributed by atoms with Crippen molar-refractivity contribution in [2.24, 2.45) is 5.73 Å². The van der Waals surface area contributed by atoms with Crippen molar-refractivity contribution in [2.75, 3.05) is 13.3 Å². The van der Waals surface area contributed by atoms with E-state index in [1.54, 1.807) is 12.1 Å². The Morgan fingerprint density at radius 2 is 1.94 bits per heavy atom. The number of sulfone groups is 1. The minimum atomic E-state index is -3.40. The number of ether oxygens (including phenoxy) is 2. The fourth-order valence-corrected chi connectivity index (χ4v) is 4.50. The fraction of sp³-hybridized carbons (Fsp3) is 0.500. The molecule has 0 aromatic heterocycles. The van der Waals surface area contributed by atoms with Gasteiger partial charge < -0.3 is 15.2 Å². The molecule has 1 saturated carbocycles. The molecule has 0 amide bonds. The van der Waals surface area contributed by atoms with E-state index >= 15 is 0 Å². The van der Waals surface area contributed by atoms with E-state index in [0.29, 0.717) is 24.3 Å². The van der Waals surface area contributed by atoms with E-state index < -0.39 is 14.6 Å². The molecule has 1 aliphatic carbocycles. The van der Waals surface area contributed by atoms with Crippen molar-refractivity contribution in [2.45, 2.75) is 28.9 Å². The highest BCUT2D eigenvalue weighted by molar-refractivity contribution is 7.93. The van der Waals surface area contributed by atoms with Crippen LogP contribution in [0.5, 0.6) is 11.5 Å². The van der Waals surface area contributed by atoms with Crippen LogP contribution in [0.25, 0.3) is 0 Å². The molecule has 0 radical (unpaired) electrons. The van der Waals surface area contributed by atoms with Crippen LogP contribution < -0.4 is 15.2 Å². The van der Waals surface area contributed by atoms with E-state index in [0.717, 1.165) is 6.42 Å². The molecule has 1 aromatic carbocycles. The van der Waals surface area contributed by atoms with Gasteiger partial charge in [0.1, 0.15) is 0 Å². The third kappa shape index (κ3) is 1.45. The molecule has 0 bridgehead atoms. The average molecular weight is 269 g/mol. The second-order valence-electron chi connectivity index (χ2n) is 4.76. The number of hydrogen-bond donors (Lipinski definition) is 1. The minimum Gasteiger partial charge on any atom is -0.454 e. The van der Waals surface area contributed by atoms with E-state index in [4.69, 9.17) is 15.2 Å². The van der Waals surface area contributed by atoms with Gasteiger partial charge in [-0.1, -0.05) is 6.42 Å². The smallest absolute Gasteiger partial charge is 0.231 e. The van der Waals surface area contributed by atoms with Crippen molar-refractivity contribution in [3.05, 3.63) is 18.2 Å². The predicted octanol–water partition coefficient (Wildman–Crippen LogP) is 1.07. The first-order chi connectivity index (χ1) is 8.59. The number of nitrogens with two attached hydrogens (primary N) is 1. The third-order valence-corrected chi connectivity index (χ3v) is 6.45. The van der Waals surface area contributed by atoms with Crippen molar-refractivity contribution in [1.82, 2.24) is 0 Å². The highest BCUT2D eigenvalue weighted by atomic mass is 32.2. The average Bonchev–Trinajstić information content (AvgIpc) is 2.74. The largest absolute Gasteiger partial charge is 0.454 e. The number of hydrogen-bond acceptors (Lipinski definition) is 5. The number of rotatable bonds is 3. The molecule has 5 nitrogen and oxygen atoms in total. The highest BCUT2D eigenvalue weighted by Crippen LogP contribution is 2.44. The van der Waals surface area contributed by atoms with E-state index in [1.165, 1.54) is 6.07 Å². The quantitative estimate of drug-likeness (QED) is 0.888. The summed E-state index contributed by atoms with van der Waals surface area (Å²) < 4.78 is 34.8. The van der Waals surface area contributed by atoms with Crippen LogP contribution in [0.1, 0.15) is 19.3 Å². The first-order valence-electron chi connectivity index (χ1n) is 5.93. The fourth-order valence-electron chi connectivity index (χ4n) is 2.45. The maximum Gasteiger partial charge on any atom is 0.231 e. The lowest BCUT2D eigenvalue weighted by molar-refractivity contribution is 0.174. The zero-order valence-corrected chi connectivity index (χ0v) is 10.7. The van der Waals surface area contributed by atoms with Gasteiger partial charge in [0.15, 0.2) is 21.3 Å². The van der Waals surface area contributed by atoms with Crippen LogP contribution in [0.4, 0.5) is 0 Å². The van der Waals surface area contributed by atoms with Gasteiger partial charge in [-0.15, -0.1) is 0 Å². The van der Waals surface area contributed by atoms with E-state index in [9.17, 15) is 8.42 Å². The molecule has 1 fully saturated rings. The van der Waals surface area contributed by atoms with E-state index in [-0.39, 0.29) is 18.2 Å². The molecule has 98 valence electrons. The summed E-state index contributed by atoms with van der Waals surface area (Å²) in [6, 6.07) is 4.74. The zero-order valence-electron chi connectivity index (χ0n) is 9.89. The number of fused-ring (bicyclic) bond motifs is 1. The monoisotopic (exact) mass is 269 g/mol. The second kappa shape index (κ2) is 3.86. The van der Waals surface area contributed by atoms with Crippen molar-refractivity contribution in [3.63, 3.8) is 0 Å². The molecule has 1 heterocycles. The lowest BCUT2D eigenvalue weighted by Crippen LogP contribution is -2.51. The summed E-state index contributed by atoms with van der Waals surface area (Å²) in [6.07, 6.45) is 2.20. The number of benzene rings is 1. The van der Waals surface area contributed by atoms with Gasteiger partial charge in [0.2, 0.25) is 6.79 Å². The van der Waals surface area contributed by atoms with Crippen LogP contribution in [0.2, 0.25) is 0 Å². The van der Waals surface area contributed by atoms with Gasteiger partial charge in [-0.3, -0.25) is 0 Å². The van der Waals surface area contributed by atoms with Gasteiger partial charge in [0.25, 0.3) is 0 Å². The summed E-state index contributed by atoms with van der Waals surface area (Å²) in [5.74, 6) is 1.08. The van der Waals surface area contributed by atoms with Gasteiger partial charge in [-0.05, 0) is 25.0 Å². The van der Waals surface area contributed by atoms with Crippen LogP contribution in [0.3, 0.4) is 0 Å². The zero-order chi connectivity index (χ0) is 12.8. The Kier molecular flexibility index (Phi) is 2.53. The van der Waals surface area contributed by atoms with E-state index in [2.05, 4.69) is 0 Å². The summed E-state index contributed by atoms with van der Waals surface area (Å²) in [4.78, 5) is 0.275. The minimum absolute atomic E-state index is 0.140. The Labute approximate surface area is 106 Å². The van der Waals surface area contributed by atoms with E-state index in [1.807, 2.05) is 0 Å². The van der Waals surface area contributed by atoms with Gasteiger partial charge in [0, 0.05) is 12.6 Å². The Morgan fingerprint density at radius 3 is 2.56 bits per heavy atom. The molecule has 1 aromatic rings. The maximum atomic E-state index is 12.6. The molecule has 0 atom stereocenters. The van der Waals surface area contributed by atoms with Crippen molar-refractivity contribution in [3.8, 4) is 11.5 Å². The van der Waals surface area contributed by atoms with Crippen LogP contribution in [-0.2, 0) is 9.84 Å². The topological polar surface area (TPSA) is 78.6 Å². The van der Waals surface area contributed by atoms with Crippen LogP contribution in [-0.4, -0.2) is 26.5 Å². The third-order valence-electron chi connectivity index (χ3n) is 3.86. The lowest BCUT2D eigenvalue weighted by atomic mass is 9.84. The molecule has 0 unspecified atom stereocenters. The van der Waals surface area contributed by atoms with Crippen molar-refractivity contribution < 1.29 is 17.9 Å². The van der Waals surface area contributed by atoms with Gasteiger partial charge >= 0.3 is 0 Å². The molecular weight excluding hydrogens is 254 g/mol. The molecule has 3 rings (SSSR count). The van der Waals surface area contributed by atoms with Gasteiger partial charge in [-0.2, -0.15) is 0 Å². The normalized spacial score (nSPS) is 20.5. The van der Waals surface area contributed by atoms with Gasteiger partial charge in [0.05, 0.1) is 9.64 Å².